The fraction of sp³-hybridized carbons (Fsp3) is 0.333. The van der Waals surface area contributed by atoms with E-state index in [1.165, 1.54) is 0 Å². The van der Waals surface area contributed by atoms with E-state index >= 15 is 0 Å². The summed E-state index contributed by atoms with van der Waals surface area (Å²) in [6.07, 6.45) is 0. The van der Waals surface area contributed by atoms with Crippen molar-refractivity contribution in [2.75, 3.05) is 0 Å². The Labute approximate surface area is 76.0 Å². The first-order chi connectivity index (χ1) is 6.27. The van der Waals surface area contributed by atoms with Crippen molar-refractivity contribution in [2.24, 2.45) is 0 Å². The van der Waals surface area contributed by atoms with Crippen LogP contribution in [0, 0.1) is 6.92 Å². The number of pyridine rings is 1. The molecular weight excluding hydrogens is 166 g/mol. The molecule has 2 heterocycles. The van der Waals surface area contributed by atoms with Crippen molar-refractivity contribution in [3.63, 3.8) is 0 Å². The van der Waals surface area contributed by atoms with E-state index in [2.05, 4.69) is 15.2 Å². The zero-order valence-electron chi connectivity index (χ0n) is 8.01. The van der Waals surface area contributed by atoms with E-state index in [-0.39, 0.29) is 5.56 Å². The number of aromatic nitrogens is 3. The molecule has 4 heteroatoms. The van der Waals surface area contributed by atoms with Crippen molar-refractivity contribution in [3.05, 3.63) is 28.2 Å². The molecule has 0 saturated carbocycles. The molecule has 13 heavy (non-hydrogen) atoms. The van der Waals surface area contributed by atoms with Crippen LogP contribution in [0.1, 0.15) is 19.5 Å². The summed E-state index contributed by atoms with van der Waals surface area (Å²) >= 11 is 0. The predicted molar refractivity (Wildman–Crippen MR) is 52.8 cm³/mol. The molecule has 0 spiro atoms. The van der Waals surface area contributed by atoms with Gasteiger partial charge in [-0.25, -0.2) is 4.98 Å². The Kier molecular flexibility index (Phi) is 2.84. The molecule has 70 valence electrons. The van der Waals surface area contributed by atoms with Gasteiger partial charge in [-0.1, -0.05) is 13.8 Å². The minimum Gasteiger partial charge on any atom is -0.281 e. The second-order valence-corrected chi connectivity index (χ2v) is 2.43. The monoisotopic (exact) mass is 179 g/mol. The van der Waals surface area contributed by atoms with Crippen molar-refractivity contribution in [3.8, 4) is 0 Å². The van der Waals surface area contributed by atoms with Gasteiger partial charge in [0.15, 0.2) is 5.65 Å². The van der Waals surface area contributed by atoms with Gasteiger partial charge in [-0.05, 0) is 19.1 Å². The summed E-state index contributed by atoms with van der Waals surface area (Å²) in [5, 5.41) is 5.75. The second kappa shape index (κ2) is 3.89. The van der Waals surface area contributed by atoms with Crippen molar-refractivity contribution in [1.29, 1.82) is 0 Å². The lowest BCUT2D eigenvalue weighted by Crippen LogP contribution is -1.97. The molecule has 0 unspecified atom stereocenters. The summed E-state index contributed by atoms with van der Waals surface area (Å²) in [4.78, 5) is 15.1. The molecule has 0 aliphatic heterocycles. The maximum absolute atomic E-state index is 11.0. The Morgan fingerprint density at radius 3 is 2.62 bits per heavy atom. The Hall–Kier alpha value is -1.58. The molecule has 0 bridgehead atoms. The van der Waals surface area contributed by atoms with Gasteiger partial charge in [0, 0.05) is 5.69 Å². The summed E-state index contributed by atoms with van der Waals surface area (Å²) in [6.45, 7) is 5.88. The zero-order valence-corrected chi connectivity index (χ0v) is 8.01. The number of hydrogen-bond acceptors (Lipinski definition) is 2. The minimum absolute atomic E-state index is 0.118. The van der Waals surface area contributed by atoms with Crippen LogP contribution in [-0.4, -0.2) is 15.2 Å². The normalized spacial score (nSPS) is 9.46. The van der Waals surface area contributed by atoms with Crippen LogP contribution >= 0.6 is 0 Å². The van der Waals surface area contributed by atoms with Gasteiger partial charge in [-0.15, -0.1) is 0 Å². The van der Waals surface area contributed by atoms with Crippen LogP contribution in [0.3, 0.4) is 0 Å². The SMILES string of the molecule is CC.Cc1ccc2c(=O)[nH][nH]c2n1. The van der Waals surface area contributed by atoms with Gasteiger partial charge in [-0.3, -0.25) is 15.0 Å². The van der Waals surface area contributed by atoms with E-state index in [0.29, 0.717) is 11.0 Å². The predicted octanol–water partition coefficient (Wildman–Crippen LogP) is 1.59. The molecule has 2 rings (SSSR count). The maximum Gasteiger partial charge on any atom is 0.273 e. The van der Waals surface area contributed by atoms with Crippen LogP contribution in [0.5, 0.6) is 0 Å². The molecule has 2 N–H and O–H groups in total. The number of H-pyrrole nitrogens is 2. The fourth-order valence-electron chi connectivity index (χ4n) is 1.02. The Morgan fingerprint density at radius 1 is 1.23 bits per heavy atom. The van der Waals surface area contributed by atoms with Crippen LogP contribution in [-0.2, 0) is 0 Å². The smallest absolute Gasteiger partial charge is 0.273 e. The van der Waals surface area contributed by atoms with Crippen molar-refractivity contribution in [1.82, 2.24) is 15.2 Å². The molecule has 4 nitrogen and oxygen atoms in total. The van der Waals surface area contributed by atoms with Gasteiger partial charge in [0.25, 0.3) is 5.56 Å². The van der Waals surface area contributed by atoms with Crippen LogP contribution < -0.4 is 5.56 Å². The minimum atomic E-state index is -0.118. The molecule has 0 amide bonds. The number of nitrogens with zero attached hydrogens (tertiary/aromatic N) is 1. The Bertz CT molecular complexity index is 441. The van der Waals surface area contributed by atoms with E-state index in [1.54, 1.807) is 6.07 Å². The van der Waals surface area contributed by atoms with E-state index in [9.17, 15) is 4.79 Å². The zero-order chi connectivity index (χ0) is 9.84. The van der Waals surface area contributed by atoms with Crippen molar-refractivity contribution < 1.29 is 0 Å². The molecule has 0 fully saturated rings. The molecule has 0 saturated heterocycles. The highest BCUT2D eigenvalue weighted by Gasteiger charge is 1.99. The number of fused-ring (bicyclic) bond motifs is 1. The summed E-state index contributed by atoms with van der Waals surface area (Å²) in [5.74, 6) is 0. The molecular formula is C9H13N3O. The highest BCUT2D eigenvalue weighted by molar-refractivity contribution is 5.73. The molecule has 2 aromatic rings. The first kappa shape index (κ1) is 9.51. The largest absolute Gasteiger partial charge is 0.281 e. The van der Waals surface area contributed by atoms with E-state index < -0.39 is 0 Å². The lowest BCUT2D eigenvalue weighted by atomic mass is 10.3. The molecule has 0 atom stereocenters. The summed E-state index contributed by atoms with van der Waals surface area (Å²) < 4.78 is 0. The molecule has 0 aromatic carbocycles. The average molecular weight is 179 g/mol. The molecule has 2 aromatic heterocycles. The number of aryl methyl sites for hydroxylation is 1. The Balaban J connectivity index is 0.000000396. The maximum atomic E-state index is 11.0. The second-order valence-electron chi connectivity index (χ2n) is 2.43. The van der Waals surface area contributed by atoms with Gasteiger partial charge >= 0.3 is 0 Å². The number of hydrogen-bond donors (Lipinski definition) is 2. The number of nitrogens with one attached hydrogen (secondary N) is 2. The van der Waals surface area contributed by atoms with Gasteiger partial charge < -0.3 is 0 Å². The van der Waals surface area contributed by atoms with Crippen molar-refractivity contribution >= 4 is 11.0 Å². The van der Waals surface area contributed by atoms with Gasteiger partial charge in [-0.2, -0.15) is 0 Å². The fourth-order valence-corrected chi connectivity index (χ4v) is 1.02. The molecule has 0 aliphatic carbocycles. The van der Waals surface area contributed by atoms with Gasteiger partial charge in [0.05, 0.1) is 5.39 Å². The summed E-state index contributed by atoms with van der Waals surface area (Å²) in [5.41, 5.74) is 1.40. The summed E-state index contributed by atoms with van der Waals surface area (Å²) in [7, 11) is 0. The number of aromatic amines is 2. The van der Waals surface area contributed by atoms with E-state index in [0.717, 1.165) is 5.69 Å². The topological polar surface area (TPSA) is 61.5 Å². The third-order valence-electron chi connectivity index (χ3n) is 1.57. The standard InChI is InChI=1S/C7H7N3O.C2H6/c1-4-2-3-5-6(8-4)9-10-7(5)11;1-2/h2-3H,1H3,(H2,8,9,10,11);1-2H3. The number of rotatable bonds is 0. The Morgan fingerprint density at radius 2 is 1.92 bits per heavy atom. The molecule has 0 radical (unpaired) electrons. The van der Waals surface area contributed by atoms with Gasteiger partial charge in [0.2, 0.25) is 0 Å². The lowest BCUT2D eigenvalue weighted by Gasteiger charge is -1.88. The van der Waals surface area contributed by atoms with Crippen LogP contribution in [0.2, 0.25) is 0 Å². The highest BCUT2D eigenvalue weighted by atomic mass is 16.1. The average Bonchev–Trinajstić information content (AvgIpc) is 2.51. The third kappa shape index (κ3) is 1.77. The first-order valence-corrected chi connectivity index (χ1v) is 4.31. The first-order valence-electron chi connectivity index (χ1n) is 4.31. The van der Waals surface area contributed by atoms with Gasteiger partial charge in [0.1, 0.15) is 0 Å². The van der Waals surface area contributed by atoms with Crippen LogP contribution in [0.4, 0.5) is 0 Å². The highest BCUT2D eigenvalue weighted by Crippen LogP contribution is 2.02. The van der Waals surface area contributed by atoms with Crippen molar-refractivity contribution in [2.45, 2.75) is 20.8 Å². The van der Waals surface area contributed by atoms with E-state index in [4.69, 9.17) is 0 Å². The van der Waals surface area contributed by atoms with E-state index in [1.807, 2.05) is 26.8 Å². The summed E-state index contributed by atoms with van der Waals surface area (Å²) in [6, 6.07) is 3.57. The van der Waals surface area contributed by atoms with Crippen LogP contribution in [0.15, 0.2) is 16.9 Å². The lowest BCUT2D eigenvalue weighted by molar-refractivity contribution is 1.06. The third-order valence-corrected chi connectivity index (χ3v) is 1.57. The molecule has 0 aliphatic rings. The quantitative estimate of drug-likeness (QED) is 0.645. The van der Waals surface area contributed by atoms with Crippen LogP contribution in [0.25, 0.3) is 11.0 Å².